The average Bonchev–Trinajstić information content (AvgIpc) is 3.12. The first-order valence-corrected chi connectivity index (χ1v) is 10.1. The van der Waals surface area contributed by atoms with Gasteiger partial charge in [-0.2, -0.15) is 5.10 Å². The van der Waals surface area contributed by atoms with Gasteiger partial charge in [0.25, 0.3) is 0 Å². The van der Waals surface area contributed by atoms with E-state index in [0.717, 1.165) is 30.8 Å². The van der Waals surface area contributed by atoms with Crippen LogP contribution in [0.25, 0.3) is 11.3 Å². The molecular formula is C21H25N5O3. The molecule has 0 bridgehead atoms. The molecule has 8 heteroatoms. The van der Waals surface area contributed by atoms with Crippen molar-refractivity contribution in [1.82, 2.24) is 24.9 Å². The Balaban J connectivity index is 1.17. The molecule has 0 spiro atoms. The Hall–Kier alpha value is -2.87. The summed E-state index contributed by atoms with van der Waals surface area (Å²) in [6.45, 7) is 2.79. The Labute approximate surface area is 169 Å². The van der Waals surface area contributed by atoms with Crippen LogP contribution in [0, 0.1) is 0 Å². The van der Waals surface area contributed by atoms with Crippen molar-refractivity contribution in [2.75, 3.05) is 32.8 Å². The number of morpholine rings is 1. The summed E-state index contributed by atoms with van der Waals surface area (Å²) in [5, 5.41) is 7.17. The number of nitrogens with zero attached hydrogens (tertiary/aromatic N) is 4. The lowest BCUT2D eigenvalue weighted by Gasteiger charge is -2.46. The molecule has 0 unspecified atom stereocenters. The fourth-order valence-corrected chi connectivity index (χ4v) is 4.50. The summed E-state index contributed by atoms with van der Waals surface area (Å²) in [4.78, 5) is 28.1. The molecule has 152 valence electrons. The van der Waals surface area contributed by atoms with E-state index in [1.165, 1.54) is 5.56 Å². The van der Waals surface area contributed by atoms with Crippen molar-refractivity contribution in [2.45, 2.75) is 24.5 Å². The molecule has 1 N–H and O–H groups in total. The van der Waals surface area contributed by atoms with Gasteiger partial charge in [0.15, 0.2) is 0 Å². The maximum atomic E-state index is 12.8. The van der Waals surface area contributed by atoms with Crippen molar-refractivity contribution in [1.29, 1.82) is 0 Å². The SMILES string of the molecule is Cn1nccc1-c1ccc(C2CN(C(=O)N3CC[C@@H]4OCC(=O)N[C@@H]4C3)C2)cc1. The van der Waals surface area contributed by atoms with Crippen LogP contribution in [0.3, 0.4) is 0 Å². The summed E-state index contributed by atoms with van der Waals surface area (Å²) < 4.78 is 7.44. The summed E-state index contributed by atoms with van der Waals surface area (Å²) in [6, 6.07) is 10.5. The highest BCUT2D eigenvalue weighted by atomic mass is 16.5. The van der Waals surface area contributed by atoms with Crippen LogP contribution in [0.2, 0.25) is 0 Å². The molecule has 4 heterocycles. The maximum absolute atomic E-state index is 12.8. The van der Waals surface area contributed by atoms with Crippen LogP contribution in [0.5, 0.6) is 0 Å². The summed E-state index contributed by atoms with van der Waals surface area (Å²) in [5.74, 6) is 0.272. The Morgan fingerprint density at radius 3 is 2.66 bits per heavy atom. The zero-order valence-corrected chi connectivity index (χ0v) is 16.5. The van der Waals surface area contributed by atoms with E-state index in [-0.39, 0.29) is 30.7 Å². The van der Waals surface area contributed by atoms with Crippen LogP contribution in [-0.4, -0.2) is 76.5 Å². The predicted octanol–water partition coefficient (Wildman–Crippen LogP) is 1.20. The zero-order chi connectivity index (χ0) is 20.0. The van der Waals surface area contributed by atoms with E-state index in [1.807, 2.05) is 27.6 Å². The van der Waals surface area contributed by atoms with Crippen molar-refractivity contribution in [3.05, 3.63) is 42.1 Å². The van der Waals surface area contributed by atoms with Gasteiger partial charge in [-0.15, -0.1) is 0 Å². The number of aryl methyl sites for hydroxylation is 1. The van der Waals surface area contributed by atoms with Crippen molar-refractivity contribution < 1.29 is 14.3 Å². The molecule has 0 radical (unpaired) electrons. The van der Waals surface area contributed by atoms with Gasteiger partial charge in [0.1, 0.15) is 6.61 Å². The molecule has 5 rings (SSSR count). The van der Waals surface area contributed by atoms with Crippen molar-refractivity contribution in [2.24, 2.45) is 7.05 Å². The van der Waals surface area contributed by atoms with Crippen molar-refractivity contribution in [3.63, 3.8) is 0 Å². The quantitative estimate of drug-likeness (QED) is 0.829. The van der Waals surface area contributed by atoms with Gasteiger partial charge >= 0.3 is 6.03 Å². The number of piperidine rings is 1. The number of hydrogen-bond donors (Lipinski definition) is 1. The molecule has 29 heavy (non-hydrogen) atoms. The summed E-state index contributed by atoms with van der Waals surface area (Å²) in [6.07, 6.45) is 2.59. The number of carbonyl (C=O) groups is 2. The number of likely N-dealkylation sites (tertiary alicyclic amines) is 2. The molecule has 3 amide bonds. The number of urea groups is 1. The minimum Gasteiger partial charge on any atom is -0.366 e. The minimum atomic E-state index is -0.0980. The third kappa shape index (κ3) is 3.37. The normalized spacial score (nSPS) is 24.7. The van der Waals surface area contributed by atoms with E-state index in [2.05, 4.69) is 34.7 Å². The zero-order valence-electron chi connectivity index (χ0n) is 16.5. The number of rotatable bonds is 2. The second-order valence-corrected chi connectivity index (χ2v) is 8.10. The fourth-order valence-electron chi connectivity index (χ4n) is 4.50. The largest absolute Gasteiger partial charge is 0.366 e. The van der Waals surface area contributed by atoms with E-state index in [9.17, 15) is 9.59 Å². The lowest BCUT2D eigenvalue weighted by Crippen LogP contribution is -2.63. The molecule has 0 saturated carbocycles. The van der Waals surface area contributed by atoms with Gasteiger partial charge in [0, 0.05) is 45.3 Å². The second-order valence-electron chi connectivity index (χ2n) is 8.10. The number of benzene rings is 1. The average molecular weight is 395 g/mol. The van der Waals surface area contributed by atoms with E-state index in [4.69, 9.17) is 4.74 Å². The Bertz CT molecular complexity index is 919. The third-order valence-electron chi connectivity index (χ3n) is 6.25. The minimum absolute atomic E-state index is 0.0267. The topological polar surface area (TPSA) is 79.7 Å². The molecule has 3 aliphatic heterocycles. The van der Waals surface area contributed by atoms with Crippen LogP contribution in [0.4, 0.5) is 4.79 Å². The number of aromatic nitrogens is 2. The van der Waals surface area contributed by atoms with Gasteiger partial charge < -0.3 is 19.9 Å². The first-order chi connectivity index (χ1) is 14.1. The Morgan fingerprint density at radius 2 is 1.93 bits per heavy atom. The van der Waals surface area contributed by atoms with E-state index < -0.39 is 0 Å². The lowest BCUT2D eigenvalue weighted by atomic mass is 9.90. The van der Waals surface area contributed by atoms with Crippen LogP contribution in [0.15, 0.2) is 36.5 Å². The highest BCUT2D eigenvalue weighted by Crippen LogP contribution is 2.30. The van der Waals surface area contributed by atoms with Gasteiger partial charge in [0.2, 0.25) is 5.91 Å². The van der Waals surface area contributed by atoms with E-state index in [1.54, 1.807) is 6.20 Å². The van der Waals surface area contributed by atoms with E-state index in [0.29, 0.717) is 19.0 Å². The number of ether oxygens (including phenoxy) is 1. The standard InChI is InChI=1S/C21H25N5O3/c1-24-18(6-8-22-24)15-4-2-14(3-5-15)16-10-26(11-16)21(28)25-9-7-19-17(12-25)23-20(27)13-29-19/h2-6,8,16-17,19H,7,9-13H2,1H3,(H,23,27)/t17-,19+/m1/s1. The molecule has 2 aromatic rings. The Morgan fingerprint density at radius 1 is 1.14 bits per heavy atom. The highest BCUT2D eigenvalue weighted by molar-refractivity contribution is 5.79. The third-order valence-corrected chi connectivity index (χ3v) is 6.25. The molecule has 0 aliphatic carbocycles. The van der Waals surface area contributed by atoms with Gasteiger partial charge in [-0.1, -0.05) is 24.3 Å². The predicted molar refractivity (Wildman–Crippen MR) is 106 cm³/mol. The Kier molecular flexibility index (Phi) is 4.50. The lowest BCUT2D eigenvalue weighted by molar-refractivity contribution is -0.139. The molecule has 3 saturated heterocycles. The first-order valence-electron chi connectivity index (χ1n) is 10.1. The molecule has 8 nitrogen and oxygen atoms in total. The molecule has 2 atom stereocenters. The maximum Gasteiger partial charge on any atom is 0.320 e. The number of nitrogens with one attached hydrogen (secondary N) is 1. The number of carbonyl (C=O) groups excluding carboxylic acids is 2. The van der Waals surface area contributed by atoms with E-state index >= 15 is 0 Å². The monoisotopic (exact) mass is 395 g/mol. The fraction of sp³-hybridized carbons (Fsp3) is 0.476. The van der Waals surface area contributed by atoms with Gasteiger partial charge in [-0.25, -0.2) is 4.79 Å². The molecular weight excluding hydrogens is 370 g/mol. The van der Waals surface area contributed by atoms with Crippen LogP contribution in [-0.2, 0) is 16.6 Å². The van der Waals surface area contributed by atoms with Gasteiger partial charge in [-0.05, 0) is 23.6 Å². The van der Waals surface area contributed by atoms with Gasteiger partial charge in [0.05, 0.1) is 17.8 Å². The summed E-state index contributed by atoms with van der Waals surface area (Å²) in [7, 11) is 1.94. The number of amides is 3. The molecule has 1 aromatic carbocycles. The first kappa shape index (κ1) is 18.2. The molecule has 3 aliphatic rings. The van der Waals surface area contributed by atoms with Crippen molar-refractivity contribution in [3.8, 4) is 11.3 Å². The smallest absolute Gasteiger partial charge is 0.320 e. The highest BCUT2D eigenvalue weighted by Gasteiger charge is 2.40. The number of hydrogen-bond acceptors (Lipinski definition) is 4. The van der Waals surface area contributed by atoms with Crippen LogP contribution >= 0.6 is 0 Å². The molecule has 1 aromatic heterocycles. The summed E-state index contributed by atoms with van der Waals surface area (Å²) >= 11 is 0. The summed E-state index contributed by atoms with van der Waals surface area (Å²) in [5.41, 5.74) is 3.48. The van der Waals surface area contributed by atoms with Crippen LogP contribution in [0.1, 0.15) is 17.9 Å². The van der Waals surface area contributed by atoms with Crippen molar-refractivity contribution >= 4 is 11.9 Å². The second kappa shape index (κ2) is 7.18. The molecule has 3 fully saturated rings. The van der Waals surface area contributed by atoms with Gasteiger partial charge in [-0.3, -0.25) is 9.48 Å². The van der Waals surface area contributed by atoms with Crippen LogP contribution < -0.4 is 5.32 Å². The number of fused-ring (bicyclic) bond motifs is 1.